The predicted molar refractivity (Wildman–Crippen MR) is 62.8 cm³/mol. The predicted octanol–water partition coefficient (Wildman–Crippen LogP) is 0.120. The zero-order valence-electron chi connectivity index (χ0n) is 9.46. The highest BCUT2D eigenvalue weighted by Gasteiger charge is 2.32. The second-order valence-electron chi connectivity index (χ2n) is 4.06. The molecule has 1 aliphatic rings. The Morgan fingerprint density at radius 1 is 1.53 bits per heavy atom. The van der Waals surface area contributed by atoms with Crippen LogP contribution in [0.1, 0.15) is 12.8 Å². The summed E-state index contributed by atoms with van der Waals surface area (Å²) in [5.74, 6) is 0.191. The first kappa shape index (κ1) is 12.3. The van der Waals surface area contributed by atoms with Gasteiger partial charge in [0.2, 0.25) is 10.0 Å². The molecule has 0 atom stereocenters. The van der Waals surface area contributed by atoms with Crippen molar-refractivity contribution in [1.29, 1.82) is 0 Å². The van der Waals surface area contributed by atoms with Crippen LogP contribution in [0.15, 0.2) is 23.2 Å². The smallest absolute Gasteiger partial charge is 0.241 e. The van der Waals surface area contributed by atoms with Crippen molar-refractivity contribution in [2.45, 2.75) is 29.9 Å². The first-order valence-corrected chi connectivity index (χ1v) is 6.76. The van der Waals surface area contributed by atoms with Gasteiger partial charge in [0.05, 0.1) is 11.0 Å². The van der Waals surface area contributed by atoms with Crippen LogP contribution in [0.2, 0.25) is 0 Å². The lowest BCUT2D eigenvalue weighted by Gasteiger charge is -2.34. The maximum Gasteiger partial charge on any atom is 0.241 e. The highest BCUT2D eigenvalue weighted by molar-refractivity contribution is 7.89. The summed E-state index contributed by atoms with van der Waals surface area (Å²) in [4.78, 5) is 3.90. The summed E-state index contributed by atoms with van der Waals surface area (Å²) in [5, 5.41) is 0. The van der Waals surface area contributed by atoms with E-state index in [9.17, 15) is 8.42 Å². The van der Waals surface area contributed by atoms with E-state index in [2.05, 4.69) is 9.71 Å². The summed E-state index contributed by atoms with van der Waals surface area (Å²) in [6.07, 6.45) is 2.94. The van der Waals surface area contributed by atoms with E-state index in [-0.39, 0.29) is 22.9 Å². The molecule has 0 amide bonds. The summed E-state index contributed by atoms with van der Waals surface area (Å²) < 4.78 is 31.6. The number of methoxy groups -OCH3 is 1. The Bertz CT molecular complexity index is 497. The lowest BCUT2D eigenvalue weighted by molar-refractivity contribution is 0.0236. The molecular weight excluding hydrogens is 242 g/mol. The largest absolute Gasteiger partial charge is 0.384 e. The van der Waals surface area contributed by atoms with Gasteiger partial charge in [0.15, 0.2) is 0 Å². The van der Waals surface area contributed by atoms with Gasteiger partial charge in [-0.05, 0) is 18.9 Å². The van der Waals surface area contributed by atoms with E-state index in [1.165, 1.54) is 18.3 Å². The Morgan fingerprint density at radius 3 is 2.82 bits per heavy atom. The Morgan fingerprint density at radius 2 is 2.24 bits per heavy atom. The van der Waals surface area contributed by atoms with E-state index >= 15 is 0 Å². The van der Waals surface area contributed by atoms with Crippen molar-refractivity contribution in [3.8, 4) is 0 Å². The van der Waals surface area contributed by atoms with Gasteiger partial charge < -0.3 is 10.5 Å². The fraction of sp³-hybridized carbons (Fsp3) is 0.500. The molecule has 1 heterocycles. The van der Waals surface area contributed by atoms with Crippen LogP contribution >= 0.6 is 0 Å². The Kier molecular flexibility index (Phi) is 3.32. The normalized spacial score (nSPS) is 24.3. The molecule has 0 unspecified atom stereocenters. The molecule has 0 saturated heterocycles. The molecule has 0 radical (unpaired) electrons. The standard InChI is InChI=1S/C10H15N3O3S/c1-16-8-4-7(5-8)13-17(14,15)9-2-3-12-10(11)6-9/h2-3,6-8,13H,4-5H2,1H3,(H2,11,12). The summed E-state index contributed by atoms with van der Waals surface area (Å²) in [5.41, 5.74) is 5.45. The minimum atomic E-state index is -3.50. The number of sulfonamides is 1. The van der Waals surface area contributed by atoms with Crippen LogP contribution in [0.5, 0.6) is 0 Å². The molecule has 17 heavy (non-hydrogen) atoms. The zero-order valence-corrected chi connectivity index (χ0v) is 10.3. The highest BCUT2D eigenvalue weighted by atomic mass is 32.2. The molecule has 6 nitrogen and oxygen atoms in total. The fourth-order valence-corrected chi connectivity index (χ4v) is 3.02. The van der Waals surface area contributed by atoms with Gasteiger partial charge in [-0.2, -0.15) is 0 Å². The minimum absolute atomic E-state index is 0.0562. The van der Waals surface area contributed by atoms with Crippen LogP contribution in [-0.4, -0.2) is 32.7 Å². The van der Waals surface area contributed by atoms with Crippen molar-refractivity contribution >= 4 is 15.8 Å². The average molecular weight is 257 g/mol. The lowest BCUT2D eigenvalue weighted by atomic mass is 9.90. The summed E-state index contributed by atoms with van der Waals surface area (Å²) >= 11 is 0. The van der Waals surface area contributed by atoms with Crippen LogP contribution in [-0.2, 0) is 14.8 Å². The average Bonchev–Trinajstić information content (AvgIpc) is 2.23. The van der Waals surface area contributed by atoms with E-state index in [0.29, 0.717) is 12.8 Å². The molecule has 94 valence electrons. The van der Waals surface area contributed by atoms with Crippen LogP contribution in [0.25, 0.3) is 0 Å². The maximum absolute atomic E-state index is 11.9. The van der Waals surface area contributed by atoms with E-state index in [0.717, 1.165) is 0 Å². The molecule has 0 bridgehead atoms. The molecule has 1 saturated carbocycles. The number of nitrogens with two attached hydrogens (primary N) is 1. The van der Waals surface area contributed by atoms with Gasteiger partial charge in [0, 0.05) is 25.4 Å². The van der Waals surface area contributed by atoms with Crippen LogP contribution < -0.4 is 10.5 Å². The molecule has 1 fully saturated rings. The molecule has 1 aromatic heterocycles. The third kappa shape index (κ3) is 2.74. The molecular formula is C10H15N3O3S. The van der Waals surface area contributed by atoms with Gasteiger partial charge in [-0.3, -0.25) is 0 Å². The van der Waals surface area contributed by atoms with Gasteiger partial charge in [-0.25, -0.2) is 18.1 Å². The van der Waals surface area contributed by atoms with E-state index in [1.54, 1.807) is 7.11 Å². The Labute approximate surface area is 100 Å². The number of nitrogens with zero attached hydrogens (tertiary/aromatic N) is 1. The summed E-state index contributed by atoms with van der Waals surface area (Å²) in [6, 6.07) is 2.71. The fourth-order valence-electron chi connectivity index (χ4n) is 1.74. The van der Waals surface area contributed by atoms with Crippen molar-refractivity contribution in [3.05, 3.63) is 18.3 Å². The molecule has 3 N–H and O–H groups in total. The number of hydrogen-bond donors (Lipinski definition) is 2. The molecule has 7 heteroatoms. The molecule has 0 aromatic carbocycles. The Balaban J connectivity index is 2.05. The van der Waals surface area contributed by atoms with Crippen molar-refractivity contribution in [2.24, 2.45) is 0 Å². The molecule has 1 aromatic rings. The van der Waals surface area contributed by atoms with Crippen LogP contribution in [0, 0.1) is 0 Å². The maximum atomic E-state index is 11.9. The van der Waals surface area contributed by atoms with Gasteiger partial charge >= 0.3 is 0 Å². The van der Waals surface area contributed by atoms with E-state index in [4.69, 9.17) is 10.5 Å². The Hall–Kier alpha value is -1.18. The van der Waals surface area contributed by atoms with Crippen LogP contribution in [0.4, 0.5) is 5.82 Å². The SMILES string of the molecule is COC1CC(NS(=O)(=O)c2ccnc(N)c2)C1. The first-order chi connectivity index (χ1) is 8.01. The topological polar surface area (TPSA) is 94.3 Å². The number of aromatic nitrogens is 1. The van der Waals surface area contributed by atoms with E-state index < -0.39 is 10.0 Å². The zero-order chi connectivity index (χ0) is 12.5. The third-order valence-electron chi connectivity index (χ3n) is 2.81. The summed E-state index contributed by atoms with van der Waals surface area (Å²) in [6.45, 7) is 0. The highest BCUT2D eigenvalue weighted by Crippen LogP contribution is 2.24. The molecule has 2 rings (SSSR count). The first-order valence-electron chi connectivity index (χ1n) is 5.28. The van der Waals surface area contributed by atoms with Gasteiger partial charge in [0.1, 0.15) is 5.82 Å². The number of ether oxygens (including phenoxy) is 1. The number of pyridine rings is 1. The monoisotopic (exact) mass is 257 g/mol. The molecule has 0 spiro atoms. The quantitative estimate of drug-likeness (QED) is 0.799. The van der Waals surface area contributed by atoms with Gasteiger partial charge in [-0.15, -0.1) is 0 Å². The second kappa shape index (κ2) is 4.59. The molecule has 1 aliphatic carbocycles. The van der Waals surface area contributed by atoms with Crippen molar-refractivity contribution in [3.63, 3.8) is 0 Å². The number of rotatable bonds is 4. The van der Waals surface area contributed by atoms with Crippen molar-refractivity contribution < 1.29 is 13.2 Å². The number of anilines is 1. The number of hydrogen-bond acceptors (Lipinski definition) is 5. The molecule has 0 aliphatic heterocycles. The van der Waals surface area contributed by atoms with Crippen LogP contribution in [0.3, 0.4) is 0 Å². The number of nitrogen functional groups attached to an aromatic ring is 1. The van der Waals surface area contributed by atoms with Gasteiger partial charge in [0.25, 0.3) is 0 Å². The van der Waals surface area contributed by atoms with Crippen molar-refractivity contribution in [2.75, 3.05) is 12.8 Å². The minimum Gasteiger partial charge on any atom is -0.384 e. The van der Waals surface area contributed by atoms with Crippen molar-refractivity contribution in [1.82, 2.24) is 9.71 Å². The third-order valence-corrected chi connectivity index (χ3v) is 4.33. The van der Waals surface area contributed by atoms with E-state index in [1.807, 2.05) is 0 Å². The second-order valence-corrected chi connectivity index (χ2v) is 5.78. The van der Waals surface area contributed by atoms with Gasteiger partial charge in [-0.1, -0.05) is 0 Å². The summed E-state index contributed by atoms with van der Waals surface area (Å²) in [7, 11) is -1.88. The lowest BCUT2D eigenvalue weighted by Crippen LogP contribution is -2.47. The number of nitrogens with one attached hydrogen (secondary N) is 1.